The van der Waals surface area contributed by atoms with Gasteiger partial charge in [-0.1, -0.05) is 11.6 Å². The summed E-state index contributed by atoms with van der Waals surface area (Å²) in [5.41, 5.74) is 1.60. The summed E-state index contributed by atoms with van der Waals surface area (Å²) < 4.78 is 0.718. The summed E-state index contributed by atoms with van der Waals surface area (Å²) in [6.45, 7) is 1.93. The van der Waals surface area contributed by atoms with Gasteiger partial charge in [-0.05, 0) is 25.1 Å². The lowest BCUT2D eigenvalue weighted by atomic mass is 10.4. The minimum Gasteiger partial charge on any atom is -0.298 e. The van der Waals surface area contributed by atoms with Crippen LogP contribution in [0.3, 0.4) is 0 Å². The normalized spacial score (nSPS) is 11.2. The highest BCUT2D eigenvalue weighted by Gasteiger charge is 2.08. The van der Waals surface area contributed by atoms with Crippen LogP contribution < -0.4 is 5.32 Å². The smallest absolute Gasteiger partial charge is 0.250 e. The Kier molecular flexibility index (Phi) is 4.68. The van der Waals surface area contributed by atoms with E-state index in [-0.39, 0.29) is 5.91 Å². The lowest BCUT2D eigenvalue weighted by Crippen LogP contribution is -2.07. The molecule has 0 fully saturated rings. The van der Waals surface area contributed by atoms with Crippen LogP contribution in [0, 0.1) is 6.92 Å². The van der Waals surface area contributed by atoms with Gasteiger partial charge < -0.3 is 0 Å². The fraction of sp³-hybridized carbons (Fsp3) is 0.0714. The average Bonchev–Trinajstić information content (AvgIpc) is 3.18. The average molecular weight is 368 g/mol. The van der Waals surface area contributed by atoms with Gasteiger partial charge in [-0.2, -0.15) is 0 Å². The molecule has 1 N–H and O–H groups in total. The molecule has 0 spiro atoms. The minimum atomic E-state index is -0.226. The lowest BCUT2D eigenvalue weighted by molar-refractivity contribution is -0.111. The molecular formula is C14H10ClN3OS3. The zero-order valence-electron chi connectivity index (χ0n) is 11.4. The fourth-order valence-electron chi connectivity index (χ4n) is 1.66. The van der Waals surface area contributed by atoms with Crippen molar-refractivity contribution < 1.29 is 4.79 Å². The van der Waals surface area contributed by atoms with Crippen LogP contribution in [0.15, 0.2) is 29.0 Å². The van der Waals surface area contributed by atoms with E-state index >= 15 is 0 Å². The predicted molar refractivity (Wildman–Crippen MR) is 95.0 cm³/mol. The summed E-state index contributed by atoms with van der Waals surface area (Å²) in [6.07, 6.45) is 3.14. The van der Waals surface area contributed by atoms with Gasteiger partial charge in [-0.25, -0.2) is 9.97 Å². The van der Waals surface area contributed by atoms with Crippen LogP contribution in [0.25, 0.3) is 16.6 Å². The molecule has 0 saturated carbocycles. The van der Waals surface area contributed by atoms with Crippen molar-refractivity contribution >= 4 is 62.7 Å². The molecule has 0 atom stereocenters. The first-order valence-electron chi connectivity index (χ1n) is 6.22. The Morgan fingerprint density at radius 1 is 1.27 bits per heavy atom. The molecule has 112 valence electrons. The molecule has 8 heteroatoms. The number of aryl methyl sites for hydroxylation is 1. The minimum absolute atomic E-state index is 0.226. The van der Waals surface area contributed by atoms with Gasteiger partial charge in [-0.15, -0.1) is 34.0 Å². The van der Waals surface area contributed by atoms with Crippen molar-refractivity contribution in [3.63, 3.8) is 0 Å². The Morgan fingerprint density at radius 3 is 2.82 bits per heavy atom. The monoisotopic (exact) mass is 367 g/mol. The van der Waals surface area contributed by atoms with E-state index < -0.39 is 0 Å². The van der Waals surface area contributed by atoms with E-state index in [9.17, 15) is 4.79 Å². The number of rotatable bonds is 4. The van der Waals surface area contributed by atoms with E-state index in [1.54, 1.807) is 17.4 Å². The molecule has 3 aromatic heterocycles. The second-order valence-corrected chi connectivity index (χ2v) is 7.89. The summed E-state index contributed by atoms with van der Waals surface area (Å²) >= 11 is 10.3. The summed E-state index contributed by atoms with van der Waals surface area (Å²) in [6, 6.07) is 3.75. The van der Waals surface area contributed by atoms with Crippen molar-refractivity contribution in [3.8, 4) is 10.6 Å². The highest BCUT2D eigenvalue weighted by Crippen LogP contribution is 2.32. The van der Waals surface area contributed by atoms with Crippen LogP contribution in [0.1, 0.15) is 10.7 Å². The van der Waals surface area contributed by atoms with Crippen molar-refractivity contribution in [2.24, 2.45) is 0 Å². The third kappa shape index (κ3) is 3.80. The molecule has 3 heterocycles. The van der Waals surface area contributed by atoms with Gasteiger partial charge in [0.1, 0.15) is 0 Å². The van der Waals surface area contributed by atoms with Gasteiger partial charge in [0.2, 0.25) is 5.91 Å². The Morgan fingerprint density at radius 2 is 2.14 bits per heavy atom. The molecule has 0 unspecified atom stereocenters. The fourth-order valence-corrected chi connectivity index (χ4v) is 4.03. The molecule has 3 rings (SSSR count). The molecule has 0 aliphatic rings. The topological polar surface area (TPSA) is 54.9 Å². The van der Waals surface area contributed by atoms with Gasteiger partial charge >= 0.3 is 0 Å². The molecular weight excluding hydrogens is 358 g/mol. The molecule has 0 aromatic carbocycles. The zero-order valence-corrected chi connectivity index (χ0v) is 14.6. The number of nitrogens with one attached hydrogen (secondary N) is 1. The quantitative estimate of drug-likeness (QED) is 0.664. The molecule has 22 heavy (non-hydrogen) atoms. The molecule has 3 aromatic rings. The van der Waals surface area contributed by atoms with Crippen molar-refractivity contribution in [3.05, 3.63) is 44.0 Å². The number of aromatic nitrogens is 2. The van der Waals surface area contributed by atoms with Crippen LogP contribution in [0.5, 0.6) is 0 Å². The first kappa shape index (κ1) is 15.4. The van der Waals surface area contributed by atoms with E-state index in [2.05, 4.69) is 15.3 Å². The van der Waals surface area contributed by atoms with Gasteiger partial charge in [0.15, 0.2) is 5.13 Å². The van der Waals surface area contributed by atoms with Gasteiger partial charge in [0, 0.05) is 16.8 Å². The predicted octanol–water partition coefficient (Wildman–Crippen LogP) is 4.94. The highest BCUT2D eigenvalue weighted by atomic mass is 35.5. The summed E-state index contributed by atoms with van der Waals surface area (Å²) in [5, 5.41) is 8.07. The molecule has 0 saturated heterocycles. The number of anilines is 1. The van der Waals surface area contributed by atoms with Crippen molar-refractivity contribution in [2.45, 2.75) is 6.92 Å². The standard InChI is InChI=1S/C14H10ClN3OS3/c1-8-16-9(6-20-8)2-5-13(19)18-14-17-10(7-21-14)11-3-4-12(15)22-11/h2-7H,1H3,(H,17,18,19)/b5-2+. The molecule has 1 amide bonds. The molecule has 0 aliphatic heterocycles. The van der Waals surface area contributed by atoms with Gasteiger partial charge in [0.25, 0.3) is 0 Å². The third-order valence-corrected chi connectivity index (χ3v) is 5.41. The number of halogens is 1. The number of thiazole rings is 2. The number of hydrogen-bond acceptors (Lipinski definition) is 6. The number of hydrogen-bond donors (Lipinski definition) is 1. The third-order valence-electron chi connectivity index (χ3n) is 2.60. The molecule has 0 radical (unpaired) electrons. The Labute approximate surface area is 144 Å². The Balaban J connectivity index is 1.64. The van der Waals surface area contributed by atoms with Gasteiger partial charge in [0.05, 0.1) is 25.6 Å². The van der Waals surface area contributed by atoms with E-state index in [1.807, 2.05) is 29.8 Å². The van der Waals surface area contributed by atoms with Crippen molar-refractivity contribution in [1.82, 2.24) is 9.97 Å². The lowest BCUT2D eigenvalue weighted by Gasteiger charge is -1.95. The number of carbonyl (C=O) groups excluding carboxylic acids is 1. The van der Waals surface area contributed by atoms with E-state index in [4.69, 9.17) is 11.6 Å². The van der Waals surface area contributed by atoms with E-state index in [0.29, 0.717) is 5.13 Å². The van der Waals surface area contributed by atoms with Crippen LogP contribution in [0.2, 0.25) is 4.34 Å². The Bertz CT molecular complexity index is 834. The molecule has 0 bridgehead atoms. The van der Waals surface area contributed by atoms with Crippen molar-refractivity contribution in [2.75, 3.05) is 5.32 Å². The largest absolute Gasteiger partial charge is 0.298 e. The maximum atomic E-state index is 11.9. The summed E-state index contributed by atoms with van der Waals surface area (Å²) in [5.74, 6) is -0.226. The molecule has 0 aliphatic carbocycles. The summed E-state index contributed by atoms with van der Waals surface area (Å²) in [4.78, 5) is 21.5. The maximum Gasteiger partial charge on any atom is 0.250 e. The Hall–Kier alpha value is -1.54. The van der Waals surface area contributed by atoms with Crippen LogP contribution in [0.4, 0.5) is 5.13 Å². The first-order valence-corrected chi connectivity index (χ1v) is 9.18. The first-order chi connectivity index (χ1) is 10.6. The zero-order chi connectivity index (χ0) is 15.5. The van der Waals surface area contributed by atoms with Gasteiger partial charge in [-0.3, -0.25) is 10.1 Å². The van der Waals surface area contributed by atoms with Crippen LogP contribution >= 0.6 is 45.6 Å². The molecule has 4 nitrogen and oxygen atoms in total. The van der Waals surface area contributed by atoms with Crippen molar-refractivity contribution in [1.29, 1.82) is 0 Å². The number of amides is 1. The SMILES string of the molecule is Cc1nc(/C=C/C(=O)Nc2nc(-c3ccc(Cl)s3)cs2)cs1. The second kappa shape index (κ2) is 6.70. The van der Waals surface area contributed by atoms with E-state index in [0.717, 1.165) is 25.6 Å². The highest BCUT2D eigenvalue weighted by molar-refractivity contribution is 7.20. The van der Waals surface area contributed by atoms with Crippen LogP contribution in [-0.2, 0) is 4.79 Å². The number of carbonyl (C=O) groups is 1. The second-order valence-electron chi connectivity index (χ2n) is 4.26. The summed E-state index contributed by atoms with van der Waals surface area (Å²) in [7, 11) is 0. The number of nitrogens with zero attached hydrogens (tertiary/aromatic N) is 2. The van der Waals surface area contributed by atoms with Crippen LogP contribution in [-0.4, -0.2) is 15.9 Å². The number of thiophene rings is 1. The maximum absolute atomic E-state index is 11.9. The van der Waals surface area contributed by atoms with E-state index in [1.165, 1.54) is 28.7 Å².